The molecular formula is C14H19NO. The van der Waals surface area contributed by atoms with E-state index in [1.165, 1.54) is 5.56 Å². The van der Waals surface area contributed by atoms with Crippen molar-refractivity contribution in [3.8, 4) is 0 Å². The molecule has 0 aliphatic rings. The van der Waals surface area contributed by atoms with Gasteiger partial charge >= 0.3 is 0 Å². The van der Waals surface area contributed by atoms with Gasteiger partial charge in [0.2, 0.25) is 0 Å². The average molecular weight is 217 g/mol. The monoisotopic (exact) mass is 217 g/mol. The molecule has 86 valence electrons. The Labute approximate surface area is 97.4 Å². The van der Waals surface area contributed by atoms with E-state index >= 15 is 0 Å². The average Bonchev–Trinajstić information content (AvgIpc) is 2.28. The van der Waals surface area contributed by atoms with Gasteiger partial charge in [0.05, 0.1) is 0 Å². The van der Waals surface area contributed by atoms with E-state index < -0.39 is 0 Å². The molecular weight excluding hydrogens is 198 g/mol. The summed E-state index contributed by atoms with van der Waals surface area (Å²) in [6, 6.07) is 7.98. The third kappa shape index (κ3) is 3.23. The van der Waals surface area contributed by atoms with Crippen molar-refractivity contribution >= 4 is 11.6 Å². The van der Waals surface area contributed by atoms with Crippen molar-refractivity contribution in [3.63, 3.8) is 0 Å². The van der Waals surface area contributed by atoms with Crippen LogP contribution in [0.1, 0.15) is 39.2 Å². The van der Waals surface area contributed by atoms with Gasteiger partial charge in [-0.15, -0.1) is 0 Å². The minimum Gasteiger partial charge on any atom is -0.322 e. The molecule has 0 unspecified atom stereocenters. The van der Waals surface area contributed by atoms with E-state index in [2.05, 4.69) is 19.2 Å². The number of nitrogens with one attached hydrogen (secondary N) is 1. The number of benzene rings is 1. The number of rotatable bonds is 3. The van der Waals surface area contributed by atoms with Crippen LogP contribution in [0.25, 0.3) is 0 Å². The Hall–Kier alpha value is -1.57. The summed E-state index contributed by atoms with van der Waals surface area (Å²) in [6.45, 7) is 7.96. The van der Waals surface area contributed by atoms with Gasteiger partial charge in [-0.3, -0.25) is 4.79 Å². The first-order chi connectivity index (χ1) is 7.54. The van der Waals surface area contributed by atoms with Crippen LogP contribution in [0.4, 0.5) is 5.69 Å². The van der Waals surface area contributed by atoms with Crippen LogP contribution in [-0.2, 0) is 4.79 Å². The first-order valence-electron chi connectivity index (χ1n) is 5.58. The molecule has 0 spiro atoms. The highest BCUT2D eigenvalue weighted by Crippen LogP contribution is 2.17. The molecule has 0 saturated heterocycles. The summed E-state index contributed by atoms with van der Waals surface area (Å²) in [5.74, 6) is 0.474. The number of carbonyl (C=O) groups is 1. The summed E-state index contributed by atoms with van der Waals surface area (Å²) in [5.41, 5.74) is 2.85. The molecule has 2 heteroatoms. The van der Waals surface area contributed by atoms with Crippen molar-refractivity contribution in [2.45, 2.75) is 33.6 Å². The third-order valence-corrected chi connectivity index (χ3v) is 2.63. The smallest absolute Gasteiger partial charge is 0.250 e. The Morgan fingerprint density at radius 2 is 1.81 bits per heavy atom. The predicted molar refractivity (Wildman–Crippen MR) is 68.6 cm³/mol. The molecule has 1 amide bonds. The summed E-state index contributed by atoms with van der Waals surface area (Å²) in [5, 5.41) is 2.85. The van der Waals surface area contributed by atoms with Gasteiger partial charge in [-0.1, -0.05) is 32.1 Å². The van der Waals surface area contributed by atoms with Gasteiger partial charge < -0.3 is 5.32 Å². The fraction of sp³-hybridized carbons (Fsp3) is 0.357. The molecule has 0 heterocycles. The summed E-state index contributed by atoms with van der Waals surface area (Å²) >= 11 is 0. The van der Waals surface area contributed by atoms with Crippen molar-refractivity contribution < 1.29 is 4.79 Å². The second kappa shape index (κ2) is 5.50. The zero-order valence-electron chi connectivity index (χ0n) is 10.4. The molecule has 0 saturated carbocycles. The maximum Gasteiger partial charge on any atom is 0.250 e. The van der Waals surface area contributed by atoms with Crippen molar-refractivity contribution in [1.82, 2.24) is 0 Å². The third-order valence-electron chi connectivity index (χ3n) is 2.63. The van der Waals surface area contributed by atoms with Crippen molar-refractivity contribution in [3.05, 3.63) is 41.5 Å². The van der Waals surface area contributed by atoms with Crippen LogP contribution in [0, 0.1) is 0 Å². The summed E-state index contributed by atoms with van der Waals surface area (Å²) in [7, 11) is 0. The number of amides is 1. The largest absolute Gasteiger partial charge is 0.322 e. The normalized spacial score (nSPS) is 11.7. The summed E-state index contributed by atoms with van der Waals surface area (Å²) < 4.78 is 0. The number of hydrogen-bond donors (Lipinski definition) is 1. The van der Waals surface area contributed by atoms with Crippen LogP contribution >= 0.6 is 0 Å². The Kier molecular flexibility index (Phi) is 4.29. The standard InChI is InChI=1S/C14H19NO/c1-5-11(4)14(16)15-13-8-6-12(7-9-13)10(2)3/h5-10H,1-4H3,(H,15,16)/b11-5+. The van der Waals surface area contributed by atoms with E-state index in [4.69, 9.17) is 0 Å². The minimum absolute atomic E-state index is 0.0419. The van der Waals surface area contributed by atoms with Gasteiger partial charge in [0, 0.05) is 11.3 Å². The highest BCUT2D eigenvalue weighted by molar-refractivity contribution is 6.03. The Bertz CT molecular complexity index is 388. The fourth-order valence-electron chi connectivity index (χ4n) is 1.31. The van der Waals surface area contributed by atoms with Gasteiger partial charge in [0.1, 0.15) is 0 Å². The lowest BCUT2D eigenvalue weighted by atomic mass is 10.0. The number of allylic oxidation sites excluding steroid dienone is 1. The molecule has 0 atom stereocenters. The fourth-order valence-corrected chi connectivity index (χ4v) is 1.31. The van der Waals surface area contributed by atoms with Gasteiger partial charge in [-0.05, 0) is 37.5 Å². The molecule has 1 N–H and O–H groups in total. The minimum atomic E-state index is -0.0419. The Morgan fingerprint density at radius 1 is 1.25 bits per heavy atom. The topological polar surface area (TPSA) is 29.1 Å². The van der Waals surface area contributed by atoms with Gasteiger partial charge in [0.15, 0.2) is 0 Å². The van der Waals surface area contributed by atoms with Crippen LogP contribution in [0.3, 0.4) is 0 Å². The summed E-state index contributed by atoms with van der Waals surface area (Å²) in [4.78, 5) is 11.6. The Balaban J connectivity index is 2.73. The van der Waals surface area contributed by atoms with Gasteiger partial charge in [0.25, 0.3) is 5.91 Å². The molecule has 0 radical (unpaired) electrons. The molecule has 0 aromatic heterocycles. The predicted octanol–water partition coefficient (Wildman–Crippen LogP) is 3.71. The lowest BCUT2D eigenvalue weighted by molar-refractivity contribution is -0.112. The molecule has 0 aliphatic carbocycles. The van der Waals surface area contributed by atoms with E-state index in [1.54, 1.807) is 13.0 Å². The second-order valence-corrected chi connectivity index (χ2v) is 4.20. The second-order valence-electron chi connectivity index (χ2n) is 4.20. The van der Waals surface area contributed by atoms with Crippen molar-refractivity contribution in [1.29, 1.82) is 0 Å². The Morgan fingerprint density at radius 3 is 2.25 bits per heavy atom. The summed E-state index contributed by atoms with van der Waals surface area (Å²) in [6.07, 6.45) is 1.80. The zero-order valence-corrected chi connectivity index (χ0v) is 10.4. The van der Waals surface area contributed by atoms with Gasteiger partial charge in [-0.25, -0.2) is 0 Å². The van der Waals surface area contributed by atoms with Gasteiger partial charge in [-0.2, -0.15) is 0 Å². The van der Waals surface area contributed by atoms with Crippen LogP contribution in [0.15, 0.2) is 35.9 Å². The van der Waals surface area contributed by atoms with Crippen LogP contribution in [-0.4, -0.2) is 5.91 Å². The van der Waals surface area contributed by atoms with Crippen molar-refractivity contribution in [2.24, 2.45) is 0 Å². The number of carbonyl (C=O) groups excluding carboxylic acids is 1. The molecule has 16 heavy (non-hydrogen) atoms. The SMILES string of the molecule is C/C=C(\C)C(=O)Nc1ccc(C(C)C)cc1. The maximum atomic E-state index is 11.6. The maximum absolute atomic E-state index is 11.6. The highest BCUT2D eigenvalue weighted by atomic mass is 16.1. The number of anilines is 1. The van der Waals surface area contributed by atoms with Crippen LogP contribution in [0.5, 0.6) is 0 Å². The van der Waals surface area contributed by atoms with E-state index in [0.29, 0.717) is 5.92 Å². The molecule has 2 nitrogen and oxygen atoms in total. The lowest BCUT2D eigenvalue weighted by Gasteiger charge is -2.08. The van der Waals surface area contributed by atoms with E-state index in [1.807, 2.05) is 31.2 Å². The van der Waals surface area contributed by atoms with E-state index in [0.717, 1.165) is 11.3 Å². The van der Waals surface area contributed by atoms with Crippen LogP contribution < -0.4 is 5.32 Å². The molecule has 0 bridgehead atoms. The quantitative estimate of drug-likeness (QED) is 0.768. The van der Waals surface area contributed by atoms with Crippen LogP contribution in [0.2, 0.25) is 0 Å². The molecule has 1 aromatic carbocycles. The highest BCUT2D eigenvalue weighted by Gasteiger charge is 2.04. The molecule has 1 aromatic rings. The molecule has 0 aliphatic heterocycles. The zero-order chi connectivity index (χ0) is 12.1. The van der Waals surface area contributed by atoms with E-state index in [-0.39, 0.29) is 5.91 Å². The first kappa shape index (κ1) is 12.5. The van der Waals surface area contributed by atoms with E-state index in [9.17, 15) is 4.79 Å². The van der Waals surface area contributed by atoms with Crippen molar-refractivity contribution in [2.75, 3.05) is 5.32 Å². The number of hydrogen-bond acceptors (Lipinski definition) is 1. The lowest BCUT2D eigenvalue weighted by Crippen LogP contribution is -2.12. The molecule has 1 rings (SSSR count). The molecule has 0 fully saturated rings. The first-order valence-corrected chi connectivity index (χ1v) is 5.58.